The summed E-state index contributed by atoms with van der Waals surface area (Å²) < 4.78 is 5.37. The molecule has 1 aromatic rings. The first-order valence-corrected chi connectivity index (χ1v) is 6.54. The van der Waals surface area contributed by atoms with Crippen LogP contribution in [0.25, 0.3) is 0 Å². The van der Waals surface area contributed by atoms with Gasteiger partial charge in [0.1, 0.15) is 0 Å². The first-order valence-electron chi connectivity index (χ1n) is 5.72. The average Bonchev–Trinajstić information content (AvgIpc) is 2.69. The average molecular weight is 236 g/mol. The molecule has 86 valence electrons. The molecule has 1 aliphatic rings. The summed E-state index contributed by atoms with van der Waals surface area (Å²) >= 11 is 1.74. The Balaban J connectivity index is 2.08. The molecule has 3 nitrogen and oxygen atoms in total. The molecule has 4 heteroatoms. The second-order valence-electron chi connectivity index (χ2n) is 4.09. The normalized spacial score (nSPS) is 17.2. The molecule has 1 aliphatic heterocycles. The van der Waals surface area contributed by atoms with Crippen LogP contribution < -0.4 is 0 Å². The van der Waals surface area contributed by atoms with E-state index in [1.165, 1.54) is 10.6 Å². The monoisotopic (exact) mass is 236 g/mol. The maximum absolute atomic E-state index is 8.56. The first kappa shape index (κ1) is 11.6. The fourth-order valence-corrected chi connectivity index (χ4v) is 3.10. The summed E-state index contributed by atoms with van der Waals surface area (Å²) in [5, 5.41) is 9.67. The van der Waals surface area contributed by atoms with Crippen molar-refractivity contribution in [2.75, 3.05) is 13.2 Å². The Morgan fingerprint density at radius 1 is 1.50 bits per heavy atom. The standard InChI is InChI=1S/C12H16N2OS/c1-9-12(10-4-7-15-8-5-10)14-11(16-9)3-2-6-13/h10H,2-5,7-8H2,1H3. The Morgan fingerprint density at radius 2 is 2.25 bits per heavy atom. The van der Waals surface area contributed by atoms with E-state index in [0.717, 1.165) is 37.5 Å². The molecule has 0 aromatic carbocycles. The van der Waals surface area contributed by atoms with Gasteiger partial charge in [0.2, 0.25) is 0 Å². The van der Waals surface area contributed by atoms with E-state index in [-0.39, 0.29) is 0 Å². The van der Waals surface area contributed by atoms with Crippen molar-refractivity contribution in [1.82, 2.24) is 4.98 Å². The van der Waals surface area contributed by atoms with E-state index in [4.69, 9.17) is 10.00 Å². The van der Waals surface area contributed by atoms with Gasteiger partial charge in [-0.2, -0.15) is 5.26 Å². The number of hydrogen-bond acceptors (Lipinski definition) is 4. The number of aryl methyl sites for hydroxylation is 2. The highest BCUT2D eigenvalue weighted by Crippen LogP contribution is 2.31. The highest BCUT2D eigenvalue weighted by Gasteiger charge is 2.21. The van der Waals surface area contributed by atoms with E-state index in [2.05, 4.69) is 18.0 Å². The molecule has 1 fully saturated rings. The quantitative estimate of drug-likeness (QED) is 0.810. The van der Waals surface area contributed by atoms with Gasteiger partial charge in [-0.25, -0.2) is 4.98 Å². The topological polar surface area (TPSA) is 45.9 Å². The van der Waals surface area contributed by atoms with Gasteiger partial charge in [0.25, 0.3) is 0 Å². The van der Waals surface area contributed by atoms with Crippen molar-refractivity contribution in [3.63, 3.8) is 0 Å². The van der Waals surface area contributed by atoms with Gasteiger partial charge in [0, 0.05) is 36.9 Å². The van der Waals surface area contributed by atoms with Crippen LogP contribution in [0.5, 0.6) is 0 Å². The zero-order valence-electron chi connectivity index (χ0n) is 9.53. The van der Waals surface area contributed by atoms with Gasteiger partial charge in [-0.15, -0.1) is 11.3 Å². The Hall–Kier alpha value is -0.920. The predicted octanol–water partition coefficient (Wildman–Crippen LogP) is 2.80. The van der Waals surface area contributed by atoms with Gasteiger partial charge in [0.15, 0.2) is 0 Å². The van der Waals surface area contributed by atoms with Gasteiger partial charge in [-0.05, 0) is 19.8 Å². The van der Waals surface area contributed by atoms with Crippen molar-refractivity contribution in [2.24, 2.45) is 0 Å². The third-order valence-corrected chi connectivity index (χ3v) is 3.98. The number of hydrogen-bond donors (Lipinski definition) is 0. The lowest BCUT2D eigenvalue weighted by atomic mass is 9.96. The lowest BCUT2D eigenvalue weighted by molar-refractivity contribution is 0.0845. The third kappa shape index (κ3) is 2.60. The maximum atomic E-state index is 8.56. The summed E-state index contributed by atoms with van der Waals surface area (Å²) in [4.78, 5) is 6.00. The molecule has 2 rings (SSSR count). The molecular formula is C12H16N2OS. The van der Waals surface area contributed by atoms with Gasteiger partial charge in [-0.3, -0.25) is 0 Å². The number of nitrogens with zero attached hydrogens (tertiary/aromatic N) is 2. The van der Waals surface area contributed by atoms with Crippen LogP contribution >= 0.6 is 11.3 Å². The molecule has 1 saturated heterocycles. The van der Waals surface area contributed by atoms with Gasteiger partial charge in [0.05, 0.1) is 16.8 Å². The zero-order chi connectivity index (χ0) is 11.4. The van der Waals surface area contributed by atoms with Crippen LogP contribution in [0, 0.1) is 18.3 Å². The van der Waals surface area contributed by atoms with Crippen LogP contribution in [0.15, 0.2) is 0 Å². The highest BCUT2D eigenvalue weighted by atomic mass is 32.1. The van der Waals surface area contributed by atoms with Crippen LogP contribution in [0.1, 0.15) is 40.8 Å². The van der Waals surface area contributed by atoms with Crippen molar-refractivity contribution in [3.05, 3.63) is 15.6 Å². The van der Waals surface area contributed by atoms with E-state index >= 15 is 0 Å². The molecule has 0 bridgehead atoms. The van der Waals surface area contributed by atoms with Crippen LogP contribution in [0.3, 0.4) is 0 Å². The molecule has 16 heavy (non-hydrogen) atoms. The summed E-state index contributed by atoms with van der Waals surface area (Å²) in [6.07, 6.45) is 3.54. The highest BCUT2D eigenvalue weighted by molar-refractivity contribution is 7.11. The minimum Gasteiger partial charge on any atom is -0.381 e. The molecule has 0 radical (unpaired) electrons. The van der Waals surface area contributed by atoms with E-state index in [1.807, 2.05) is 0 Å². The number of nitriles is 1. The predicted molar refractivity (Wildman–Crippen MR) is 63.6 cm³/mol. The fraction of sp³-hybridized carbons (Fsp3) is 0.667. The Labute approximate surface area is 100 Å². The van der Waals surface area contributed by atoms with Crippen molar-refractivity contribution >= 4 is 11.3 Å². The van der Waals surface area contributed by atoms with Crippen LogP contribution in [-0.2, 0) is 11.2 Å². The molecule has 0 aliphatic carbocycles. The molecule has 0 unspecified atom stereocenters. The maximum Gasteiger partial charge on any atom is 0.0941 e. The summed E-state index contributed by atoms with van der Waals surface area (Å²) in [5.74, 6) is 0.570. The minimum absolute atomic E-state index is 0.570. The number of thiazole rings is 1. The minimum atomic E-state index is 0.570. The van der Waals surface area contributed by atoms with Crippen LogP contribution in [-0.4, -0.2) is 18.2 Å². The first-order chi connectivity index (χ1) is 7.81. The van der Waals surface area contributed by atoms with Gasteiger partial charge < -0.3 is 4.74 Å². The summed E-state index contributed by atoms with van der Waals surface area (Å²) in [6, 6.07) is 2.17. The lowest BCUT2D eigenvalue weighted by Gasteiger charge is -2.20. The molecule has 2 heterocycles. The molecule has 0 atom stereocenters. The van der Waals surface area contributed by atoms with E-state index in [1.54, 1.807) is 11.3 Å². The Bertz CT molecular complexity index is 388. The summed E-state index contributed by atoms with van der Waals surface area (Å²) in [6.45, 7) is 3.85. The van der Waals surface area contributed by atoms with Crippen molar-refractivity contribution in [2.45, 2.75) is 38.5 Å². The SMILES string of the molecule is Cc1sc(CCC#N)nc1C1CCOCC1. The van der Waals surface area contributed by atoms with E-state index in [0.29, 0.717) is 12.3 Å². The number of rotatable bonds is 3. The second-order valence-corrected chi connectivity index (χ2v) is 5.38. The smallest absolute Gasteiger partial charge is 0.0941 e. The molecule has 0 spiro atoms. The molecule has 0 N–H and O–H groups in total. The van der Waals surface area contributed by atoms with E-state index < -0.39 is 0 Å². The van der Waals surface area contributed by atoms with Crippen LogP contribution in [0.4, 0.5) is 0 Å². The fourth-order valence-electron chi connectivity index (χ4n) is 2.08. The van der Waals surface area contributed by atoms with Gasteiger partial charge in [-0.1, -0.05) is 0 Å². The number of ether oxygens (including phenoxy) is 1. The van der Waals surface area contributed by atoms with Gasteiger partial charge >= 0.3 is 0 Å². The largest absolute Gasteiger partial charge is 0.381 e. The van der Waals surface area contributed by atoms with Crippen molar-refractivity contribution < 1.29 is 4.74 Å². The number of aromatic nitrogens is 1. The van der Waals surface area contributed by atoms with Crippen molar-refractivity contribution in [1.29, 1.82) is 5.26 Å². The van der Waals surface area contributed by atoms with E-state index in [9.17, 15) is 0 Å². The second kappa shape index (κ2) is 5.42. The van der Waals surface area contributed by atoms with Crippen LogP contribution in [0.2, 0.25) is 0 Å². The Kier molecular flexibility index (Phi) is 3.92. The van der Waals surface area contributed by atoms with Crippen molar-refractivity contribution in [3.8, 4) is 6.07 Å². The Morgan fingerprint density at radius 3 is 2.94 bits per heavy atom. The third-order valence-electron chi connectivity index (χ3n) is 2.94. The molecular weight excluding hydrogens is 220 g/mol. The molecule has 0 amide bonds. The molecule has 0 saturated carbocycles. The lowest BCUT2D eigenvalue weighted by Crippen LogP contribution is -2.15. The molecule has 1 aromatic heterocycles. The zero-order valence-corrected chi connectivity index (χ0v) is 10.3. The summed E-state index contributed by atoms with van der Waals surface area (Å²) in [7, 11) is 0. The summed E-state index contributed by atoms with van der Waals surface area (Å²) in [5.41, 5.74) is 1.25.